The van der Waals surface area contributed by atoms with Gasteiger partial charge in [-0.15, -0.1) is 11.8 Å². The van der Waals surface area contributed by atoms with Crippen LogP contribution >= 0.6 is 11.8 Å². The zero-order valence-corrected chi connectivity index (χ0v) is 24.3. The molecule has 0 spiro atoms. The van der Waals surface area contributed by atoms with Crippen molar-refractivity contribution in [2.45, 2.75) is 89.7 Å². The van der Waals surface area contributed by atoms with E-state index >= 15 is 0 Å². The van der Waals surface area contributed by atoms with Gasteiger partial charge >= 0.3 is 11.9 Å². The highest BCUT2D eigenvalue weighted by molar-refractivity contribution is 8.01. The van der Waals surface area contributed by atoms with Gasteiger partial charge in [0.05, 0.1) is 0 Å². The summed E-state index contributed by atoms with van der Waals surface area (Å²) < 4.78 is 4.91. The fourth-order valence-electron chi connectivity index (χ4n) is 3.73. The summed E-state index contributed by atoms with van der Waals surface area (Å²) in [5.74, 6) is -0.494. The summed E-state index contributed by atoms with van der Waals surface area (Å²) in [6.45, 7) is 6.12. The molecule has 0 fully saturated rings. The number of carbonyl (C=O) groups is 2. The maximum absolute atomic E-state index is 13.0. The lowest BCUT2D eigenvalue weighted by Gasteiger charge is -2.28. The predicted molar refractivity (Wildman–Crippen MR) is 163 cm³/mol. The van der Waals surface area contributed by atoms with Crippen molar-refractivity contribution in [1.82, 2.24) is 0 Å². The highest BCUT2D eigenvalue weighted by Gasteiger charge is 2.37. The lowest BCUT2D eigenvalue weighted by molar-refractivity contribution is -0.137. The molecular formula is C33H46O4S. The number of carboxylic acid groups (broad SMARTS) is 1. The summed E-state index contributed by atoms with van der Waals surface area (Å²) in [5.41, 5.74) is 0.00372. The van der Waals surface area contributed by atoms with Crippen LogP contribution in [0.25, 0.3) is 0 Å². The van der Waals surface area contributed by atoms with Crippen LogP contribution in [0.3, 0.4) is 0 Å². The predicted octanol–water partition coefficient (Wildman–Crippen LogP) is 9.50. The van der Waals surface area contributed by atoms with Crippen molar-refractivity contribution in [1.29, 1.82) is 0 Å². The van der Waals surface area contributed by atoms with E-state index in [1.165, 1.54) is 12.1 Å². The van der Waals surface area contributed by atoms with Gasteiger partial charge in [-0.3, -0.25) is 4.79 Å². The van der Waals surface area contributed by atoms with Crippen molar-refractivity contribution in [2.24, 2.45) is 0 Å². The number of carbonyl (C=O) groups excluding carboxylic acids is 1. The summed E-state index contributed by atoms with van der Waals surface area (Å²) in [6, 6.07) is 6.29. The number of esters is 1. The topological polar surface area (TPSA) is 63.6 Å². The van der Waals surface area contributed by atoms with Crippen LogP contribution in [-0.4, -0.2) is 27.5 Å². The molecule has 0 bridgehead atoms. The van der Waals surface area contributed by atoms with E-state index < -0.39 is 10.7 Å². The van der Waals surface area contributed by atoms with Crippen molar-refractivity contribution < 1.29 is 19.4 Å². The average Bonchev–Trinajstić information content (AvgIpc) is 2.92. The van der Waals surface area contributed by atoms with E-state index in [9.17, 15) is 14.7 Å². The van der Waals surface area contributed by atoms with Gasteiger partial charge in [0.15, 0.2) is 0 Å². The van der Waals surface area contributed by atoms with Gasteiger partial charge in [0.25, 0.3) is 0 Å². The number of carboxylic acids is 1. The normalized spacial score (nSPS) is 12.6. The van der Waals surface area contributed by atoms with Gasteiger partial charge in [0, 0.05) is 0 Å². The van der Waals surface area contributed by atoms with Gasteiger partial charge in [0.1, 0.15) is 16.1 Å². The van der Waals surface area contributed by atoms with Gasteiger partial charge in [-0.25, -0.2) is 4.79 Å². The second-order valence-electron chi connectivity index (χ2n) is 8.94. The molecule has 0 saturated heterocycles. The van der Waals surface area contributed by atoms with Crippen LogP contribution in [0.5, 0.6) is 5.75 Å². The molecule has 1 rings (SSSR count). The molecule has 0 atom stereocenters. The zero-order chi connectivity index (χ0) is 27.9. The summed E-state index contributed by atoms with van der Waals surface area (Å²) >= 11 is 1.63. The monoisotopic (exact) mass is 538 g/mol. The van der Waals surface area contributed by atoms with Gasteiger partial charge in [-0.1, -0.05) is 93.7 Å². The average molecular weight is 539 g/mol. The molecule has 1 N–H and O–H groups in total. The number of hydrogen-bond acceptors (Lipinski definition) is 4. The quantitative estimate of drug-likeness (QED) is 0.0775. The van der Waals surface area contributed by atoms with Crippen molar-refractivity contribution in [3.05, 3.63) is 90.6 Å². The Balaban J connectivity index is 2.28. The number of benzene rings is 1. The molecule has 0 heterocycles. The van der Waals surface area contributed by atoms with E-state index in [2.05, 4.69) is 67.7 Å². The van der Waals surface area contributed by atoms with E-state index in [0.717, 1.165) is 57.1 Å². The van der Waals surface area contributed by atoms with Gasteiger partial charge in [-0.05, 0) is 82.1 Å². The minimum atomic E-state index is -1.10. The number of aromatic carboxylic acids is 1. The molecule has 5 heteroatoms. The summed E-state index contributed by atoms with van der Waals surface area (Å²) in [4.78, 5) is 24.5. The first-order valence-electron chi connectivity index (χ1n) is 13.9. The maximum Gasteiger partial charge on any atom is 0.339 e. The molecule has 4 nitrogen and oxygen atoms in total. The third-order valence-corrected chi connectivity index (χ3v) is 7.92. The number of unbranched alkanes of at least 4 members (excludes halogenated alkanes) is 2. The van der Waals surface area contributed by atoms with Crippen LogP contribution in [-0.2, 0) is 4.79 Å². The van der Waals surface area contributed by atoms with Crippen LogP contribution in [0.2, 0.25) is 0 Å². The number of thioether (sulfide) groups is 1. The molecule has 0 unspecified atom stereocenters. The minimum absolute atomic E-state index is 0.00372. The van der Waals surface area contributed by atoms with Crippen molar-refractivity contribution in [3.63, 3.8) is 0 Å². The second kappa shape index (κ2) is 21.2. The number of para-hydroxylation sites is 1. The lowest BCUT2D eigenvalue weighted by Crippen LogP contribution is -2.38. The van der Waals surface area contributed by atoms with Gasteiger partial charge < -0.3 is 9.84 Å². The Kier molecular flexibility index (Phi) is 18.5. The fraction of sp³-hybridized carbons (Fsp3) is 0.455. The Labute approximate surface area is 234 Å². The minimum Gasteiger partial charge on any atom is -0.478 e. The van der Waals surface area contributed by atoms with E-state index in [-0.39, 0.29) is 17.3 Å². The molecule has 0 saturated carbocycles. The van der Waals surface area contributed by atoms with E-state index in [1.807, 2.05) is 13.8 Å². The second-order valence-corrected chi connectivity index (χ2v) is 10.4. The van der Waals surface area contributed by atoms with Crippen LogP contribution in [0.4, 0.5) is 0 Å². The van der Waals surface area contributed by atoms with E-state index in [0.29, 0.717) is 12.8 Å². The summed E-state index contributed by atoms with van der Waals surface area (Å²) in [5, 5.41) is 9.36. The Morgan fingerprint density at radius 2 is 1.32 bits per heavy atom. The maximum atomic E-state index is 13.0. The summed E-state index contributed by atoms with van der Waals surface area (Å²) in [7, 11) is 0. The molecule has 0 amide bonds. The molecule has 38 heavy (non-hydrogen) atoms. The smallest absolute Gasteiger partial charge is 0.339 e. The highest BCUT2D eigenvalue weighted by atomic mass is 32.2. The van der Waals surface area contributed by atoms with Crippen molar-refractivity contribution >= 4 is 23.7 Å². The Hall–Kier alpha value is -2.79. The molecule has 208 valence electrons. The number of hydrogen-bond donors (Lipinski definition) is 1. The molecule has 0 aliphatic heterocycles. The Morgan fingerprint density at radius 3 is 1.84 bits per heavy atom. The third-order valence-electron chi connectivity index (χ3n) is 6.14. The first kappa shape index (κ1) is 33.2. The Bertz CT molecular complexity index is 951. The molecule has 0 aliphatic carbocycles. The van der Waals surface area contributed by atoms with Crippen molar-refractivity contribution in [3.8, 4) is 5.75 Å². The molecular weight excluding hydrogens is 492 g/mol. The number of ether oxygens (including phenoxy) is 1. The van der Waals surface area contributed by atoms with Gasteiger partial charge in [-0.2, -0.15) is 0 Å². The molecule has 0 aromatic heterocycles. The SMILES string of the molecule is CC/C=C\C/C=C\C/C=C\C/C=C\C/C=C\CCCCSC(CC)(CC)C(=O)Oc1ccccc1C(=O)O. The van der Waals surface area contributed by atoms with Crippen LogP contribution in [0.1, 0.15) is 95.3 Å². The molecule has 1 aromatic rings. The fourth-order valence-corrected chi connectivity index (χ4v) is 5.03. The third kappa shape index (κ3) is 13.7. The first-order valence-corrected chi connectivity index (χ1v) is 14.9. The lowest BCUT2D eigenvalue weighted by atomic mass is 10.0. The molecule has 1 aromatic carbocycles. The standard InChI is InChI=1S/C33H46O4S/c1-4-7-8-9-10-11-12-13-14-15-16-17-18-19-20-21-22-25-28-38-33(5-2,6-3)32(36)37-30-27-24-23-26-29(30)31(34)35/h7-8,10-11,13-14,16-17,19-20,23-24,26-27H,4-6,9,12,15,18,21-22,25,28H2,1-3H3,(H,34,35)/b8-7-,11-10-,14-13-,17-16-,20-19-. The number of allylic oxidation sites excluding steroid dienone is 10. The number of rotatable bonds is 20. The Morgan fingerprint density at radius 1 is 0.789 bits per heavy atom. The van der Waals surface area contributed by atoms with E-state index in [1.54, 1.807) is 23.9 Å². The van der Waals surface area contributed by atoms with Crippen LogP contribution < -0.4 is 4.74 Å². The first-order chi connectivity index (χ1) is 18.5. The largest absolute Gasteiger partial charge is 0.478 e. The van der Waals surface area contributed by atoms with Crippen molar-refractivity contribution in [2.75, 3.05) is 5.75 Å². The van der Waals surface area contributed by atoms with Gasteiger partial charge in [0.2, 0.25) is 0 Å². The van der Waals surface area contributed by atoms with E-state index in [4.69, 9.17) is 4.74 Å². The highest BCUT2D eigenvalue weighted by Crippen LogP contribution is 2.35. The molecule has 0 aliphatic rings. The van der Waals surface area contributed by atoms with Crippen LogP contribution in [0.15, 0.2) is 85.0 Å². The van der Waals surface area contributed by atoms with Crippen LogP contribution in [0, 0.1) is 0 Å². The zero-order valence-electron chi connectivity index (χ0n) is 23.4. The summed E-state index contributed by atoms with van der Waals surface area (Å²) in [6.07, 6.45) is 31.5. The molecule has 0 radical (unpaired) electrons.